The first kappa shape index (κ1) is 14.4. The molecule has 1 aromatic heterocycles. The third-order valence-corrected chi connectivity index (χ3v) is 2.92. The Morgan fingerprint density at radius 1 is 1.40 bits per heavy atom. The van der Waals surface area contributed by atoms with Crippen LogP contribution in [0.1, 0.15) is 38.1 Å². The van der Waals surface area contributed by atoms with Crippen molar-refractivity contribution in [2.75, 3.05) is 7.11 Å². The molecule has 7 nitrogen and oxygen atoms in total. The van der Waals surface area contributed by atoms with Crippen LogP contribution in [0.15, 0.2) is 6.20 Å². The summed E-state index contributed by atoms with van der Waals surface area (Å²) < 4.78 is 11.7. The highest BCUT2D eigenvalue weighted by Crippen LogP contribution is 2.34. The molecular weight excluding hydrogens is 262 g/mol. The summed E-state index contributed by atoms with van der Waals surface area (Å²) in [5, 5.41) is 4.25. The zero-order valence-electron chi connectivity index (χ0n) is 12.3. The molecule has 1 aliphatic heterocycles. The first-order valence-electron chi connectivity index (χ1n) is 6.33. The van der Waals surface area contributed by atoms with E-state index in [2.05, 4.69) is 5.10 Å². The van der Waals surface area contributed by atoms with Gasteiger partial charge in [0.15, 0.2) is 6.04 Å². The van der Waals surface area contributed by atoms with E-state index in [-0.39, 0.29) is 6.54 Å². The molecule has 1 aromatic rings. The Bertz CT molecular complexity index is 544. The van der Waals surface area contributed by atoms with E-state index < -0.39 is 23.7 Å². The van der Waals surface area contributed by atoms with Crippen LogP contribution in [-0.2, 0) is 27.9 Å². The highest BCUT2D eigenvalue weighted by molar-refractivity contribution is 5.84. The number of rotatable bonds is 1. The second-order valence-corrected chi connectivity index (χ2v) is 5.74. The van der Waals surface area contributed by atoms with Crippen LogP contribution in [0.3, 0.4) is 0 Å². The van der Waals surface area contributed by atoms with Crippen molar-refractivity contribution in [3.05, 3.63) is 17.5 Å². The van der Waals surface area contributed by atoms with E-state index in [1.807, 2.05) is 0 Å². The van der Waals surface area contributed by atoms with E-state index in [4.69, 9.17) is 9.47 Å². The van der Waals surface area contributed by atoms with Crippen molar-refractivity contribution in [3.8, 4) is 0 Å². The lowest BCUT2D eigenvalue weighted by Crippen LogP contribution is -2.39. The summed E-state index contributed by atoms with van der Waals surface area (Å²) in [6.45, 7) is 5.57. The van der Waals surface area contributed by atoms with E-state index >= 15 is 0 Å². The zero-order chi connectivity index (χ0) is 15.1. The van der Waals surface area contributed by atoms with Gasteiger partial charge in [0, 0.05) is 18.8 Å². The highest BCUT2D eigenvalue weighted by atomic mass is 16.6. The fourth-order valence-corrected chi connectivity index (χ4v) is 2.18. The van der Waals surface area contributed by atoms with E-state index in [9.17, 15) is 9.59 Å². The number of carbonyl (C=O) groups is 2. The molecule has 0 aromatic carbocycles. The standard InChI is InChI=1S/C13H19N3O4/c1-13(2,3)20-12(18)16-7-9-8(6-15(4)14-9)10(16)11(17)19-5/h6,10H,7H2,1-5H3. The average molecular weight is 281 g/mol. The lowest BCUT2D eigenvalue weighted by molar-refractivity contribution is -0.146. The minimum atomic E-state index is -0.793. The first-order valence-corrected chi connectivity index (χ1v) is 6.33. The fourth-order valence-electron chi connectivity index (χ4n) is 2.18. The third-order valence-electron chi connectivity index (χ3n) is 2.92. The van der Waals surface area contributed by atoms with Gasteiger partial charge in [0.1, 0.15) is 5.60 Å². The number of nitrogens with zero attached hydrogens (tertiary/aromatic N) is 3. The van der Waals surface area contributed by atoms with Crippen LogP contribution in [0.25, 0.3) is 0 Å². The number of esters is 1. The van der Waals surface area contributed by atoms with Gasteiger partial charge in [0.05, 0.1) is 19.3 Å². The third kappa shape index (κ3) is 2.61. The lowest BCUT2D eigenvalue weighted by atomic mass is 10.1. The van der Waals surface area contributed by atoms with E-state index in [1.165, 1.54) is 12.0 Å². The number of methoxy groups -OCH3 is 1. The Morgan fingerprint density at radius 2 is 2.05 bits per heavy atom. The van der Waals surface area contributed by atoms with Gasteiger partial charge in [0.2, 0.25) is 0 Å². The van der Waals surface area contributed by atoms with Gasteiger partial charge in [-0.2, -0.15) is 5.10 Å². The number of aryl methyl sites for hydroxylation is 1. The molecule has 1 aliphatic rings. The maximum atomic E-state index is 12.2. The molecule has 7 heteroatoms. The molecule has 0 spiro atoms. The lowest BCUT2D eigenvalue weighted by Gasteiger charge is -2.27. The summed E-state index contributed by atoms with van der Waals surface area (Å²) in [6.07, 6.45) is 1.18. The predicted octanol–water partition coefficient (Wildman–Crippen LogP) is 1.38. The molecule has 2 rings (SSSR count). The number of carbonyl (C=O) groups excluding carboxylic acids is 2. The van der Waals surface area contributed by atoms with Crippen molar-refractivity contribution in [1.29, 1.82) is 0 Å². The number of aromatic nitrogens is 2. The minimum absolute atomic E-state index is 0.241. The number of hydrogen-bond acceptors (Lipinski definition) is 5. The molecular formula is C13H19N3O4. The average Bonchev–Trinajstić information content (AvgIpc) is 2.81. The van der Waals surface area contributed by atoms with Crippen molar-refractivity contribution in [3.63, 3.8) is 0 Å². The molecule has 1 amide bonds. The van der Waals surface area contributed by atoms with E-state index in [1.54, 1.807) is 38.7 Å². The van der Waals surface area contributed by atoms with Crippen molar-refractivity contribution in [2.24, 2.45) is 7.05 Å². The van der Waals surface area contributed by atoms with Crippen LogP contribution >= 0.6 is 0 Å². The minimum Gasteiger partial charge on any atom is -0.467 e. The van der Waals surface area contributed by atoms with E-state index in [0.29, 0.717) is 11.3 Å². The van der Waals surface area contributed by atoms with Crippen molar-refractivity contribution >= 4 is 12.1 Å². The van der Waals surface area contributed by atoms with Crippen LogP contribution < -0.4 is 0 Å². The number of fused-ring (bicyclic) bond motifs is 1. The molecule has 0 radical (unpaired) electrons. The summed E-state index contributed by atoms with van der Waals surface area (Å²) in [6, 6.07) is -0.793. The predicted molar refractivity (Wildman–Crippen MR) is 69.7 cm³/mol. The van der Waals surface area contributed by atoms with Gasteiger partial charge in [0.25, 0.3) is 0 Å². The van der Waals surface area contributed by atoms with Crippen molar-refractivity contribution < 1.29 is 19.1 Å². The molecule has 110 valence electrons. The molecule has 0 fully saturated rings. The van der Waals surface area contributed by atoms with Crippen LogP contribution in [0, 0.1) is 0 Å². The summed E-state index contributed by atoms with van der Waals surface area (Å²) in [5.74, 6) is -0.498. The fraction of sp³-hybridized carbons (Fsp3) is 0.615. The maximum absolute atomic E-state index is 12.2. The quantitative estimate of drug-likeness (QED) is 0.727. The molecule has 0 bridgehead atoms. The summed E-state index contributed by atoms with van der Waals surface area (Å²) in [7, 11) is 3.06. The number of ether oxygens (including phenoxy) is 2. The summed E-state index contributed by atoms with van der Waals surface area (Å²) >= 11 is 0. The molecule has 1 atom stereocenters. The molecule has 0 aliphatic carbocycles. The Labute approximate surface area is 117 Å². The number of hydrogen-bond donors (Lipinski definition) is 0. The summed E-state index contributed by atoms with van der Waals surface area (Å²) in [5.41, 5.74) is 0.751. The van der Waals surface area contributed by atoms with E-state index in [0.717, 1.165) is 0 Å². The zero-order valence-corrected chi connectivity index (χ0v) is 12.3. The van der Waals surface area contributed by atoms with Crippen LogP contribution in [0.5, 0.6) is 0 Å². The molecule has 0 N–H and O–H groups in total. The molecule has 2 heterocycles. The van der Waals surface area contributed by atoms with Crippen LogP contribution in [-0.4, -0.2) is 39.5 Å². The summed E-state index contributed by atoms with van der Waals surface area (Å²) in [4.78, 5) is 25.5. The molecule has 0 saturated carbocycles. The van der Waals surface area contributed by atoms with Crippen LogP contribution in [0.4, 0.5) is 4.79 Å². The molecule has 1 unspecified atom stereocenters. The van der Waals surface area contributed by atoms with Crippen molar-refractivity contribution in [1.82, 2.24) is 14.7 Å². The van der Waals surface area contributed by atoms with Gasteiger partial charge in [-0.15, -0.1) is 0 Å². The second kappa shape index (κ2) is 4.81. The Kier molecular flexibility index (Phi) is 3.45. The van der Waals surface area contributed by atoms with Crippen LogP contribution in [0.2, 0.25) is 0 Å². The van der Waals surface area contributed by atoms with Gasteiger partial charge >= 0.3 is 12.1 Å². The Hall–Kier alpha value is -2.05. The van der Waals surface area contributed by atoms with Gasteiger partial charge < -0.3 is 9.47 Å². The smallest absolute Gasteiger partial charge is 0.411 e. The largest absolute Gasteiger partial charge is 0.467 e. The monoisotopic (exact) mass is 281 g/mol. The first-order chi connectivity index (χ1) is 9.23. The van der Waals surface area contributed by atoms with Gasteiger partial charge in [-0.05, 0) is 20.8 Å². The molecule has 20 heavy (non-hydrogen) atoms. The van der Waals surface area contributed by atoms with Gasteiger partial charge in [-0.1, -0.05) is 0 Å². The second-order valence-electron chi connectivity index (χ2n) is 5.74. The normalized spacial score (nSPS) is 17.9. The Balaban J connectivity index is 2.28. The molecule has 0 saturated heterocycles. The Morgan fingerprint density at radius 3 is 2.60 bits per heavy atom. The van der Waals surface area contributed by atoms with Gasteiger partial charge in [-0.25, -0.2) is 9.59 Å². The highest BCUT2D eigenvalue weighted by Gasteiger charge is 2.43. The number of amides is 1. The topological polar surface area (TPSA) is 73.7 Å². The van der Waals surface area contributed by atoms with Gasteiger partial charge in [-0.3, -0.25) is 9.58 Å². The SMILES string of the molecule is COC(=O)C1c2cn(C)nc2CN1C(=O)OC(C)(C)C. The van der Waals surface area contributed by atoms with Crippen molar-refractivity contribution in [2.45, 2.75) is 39.0 Å². The maximum Gasteiger partial charge on any atom is 0.411 e.